The van der Waals surface area contributed by atoms with Gasteiger partial charge in [-0.15, -0.1) is 0 Å². The lowest BCUT2D eigenvalue weighted by molar-refractivity contribution is -0.142. The minimum absolute atomic E-state index is 0.709. The Morgan fingerprint density at radius 2 is 1.26 bits per heavy atom. The molecule has 2 aromatic carbocycles. The van der Waals surface area contributed by atoms with Gasteiger partial charge in [0.25, 0.3) is 0 Å². The molecule has 4 rings (SSSR count). The SMILES string of the molecule is CC(C)(N)C(=O)O.CNc1ncnc2cc(Br)ccc12.CNc1ncnc2cc(NC(C)(C)C(=O)O)ccc12. The lowest BCUT2D eigenvalue weighted by Crippen LogP contribution is -2.41. The molecule has 7 N–H and O–H groups in total. The minimum atomic E-state index is -1.08. The molecule has 0 aliphatic rings. The van der Waals surface area contributed by atoms with Gasteiger partial charge in [0.05, 0.1) is 11.0 Å². The number of nitrogens with zero attached hydrogens (tertiary/aromatic N) is 4. The predicted octanol–water partition coefficient (Wildman–Crippen LogP) is 4.19. The van der Waals surface area contributed by atoms with Crippen molar-refractivity contribution in [1.29, 1.82) is 0 Å². The number of carboxylic acid groups (broad SMARTS) is 2. The molecule has 0 spiro atoms. The summed E-state index contributed by atoms with van der Waals surface area (Å²) in [4.78, 5) is 37.6. The van der Waals surface area contributed by atoms with Crippen molar-refractivity contribution in [3.63, 3.8) is 0 Å². The van der Waals surface area contributed by atoms with Crippen LogP contribution in [-0.4, -0.2) is 67.3 Å². The Labute approximate surface area is 234 Å². The molecule has 39 heavy (non-hydrogen) atoms. The normalized spacial score (nSPS) is 11.0. The molecular formula is C26H33BrN8O4. The van der Waals surface area contributed by atoms with E-state index in [1.54, 1.807) is 27.2 Å². The Morgan fingerprint density at radius 1 is 0.795 bits per heavy atom. The summed E-state index contributed by atoms with van der Waals surface area (Å²) in [5, 5.41) is 28.1. The average Bonchev–Trinajstić information content (AvgIpc) is 2.87. The van der Waals surface area contributed by atoms with Crippen LogP contribution >= 0.6 is 15.9 Å². The second-order valence-corrected chi connectivity index (χ2v) is 10.3. The highest BCUT2D eigenvalue weighted by Crippen LogP contribution is 2.24. The van der Waals surface area contributed by atoms with Crippen LogP contribution in [0.1, 0.15) is 27.7 Å². The van der Waals surface area contributed by atoms with Crippen molar-refractivity contribution in [2.75, 3.05) is 30.0 Å². The summed E-state index contributed by atoms with van der Waals surface area (Å²) < 4.78 is 1.03. The molecule has 0 fully saturated rings. The maximum Gasteiger partial charge on any atom is 0.328 e. The number of aliphatic carboxylic acids is 2. The van der Waals surface area contributed by atoms with Crippen molar-refractivity contribution in [1.82, 2.24) is 19.9 Å². The number of nitrogens with one attached hydrogen (secondary N) is 3. The molecule has 0 aliphatic heterocycles. The number of benzene rings is 2. The number of hydrogen-bond acceptors (Lipinski definition) is 10. The maximum atomic E-state index is 11.1. The molecule has 0 unspecified atom stereocenters. The van der Waals surface area contributed by atoms with E-state index in [1.807, 2.05) is 43.4 Å². The van der Waals surface area contributed by atoms with Crippen molar-refractivity contribution in [2.24, 2.45) is 5.73 Å². The van der Waals surface area contributed by atoms with E-state index in [1.165, 1.54) is 20.2 Å². The van der Waals surface area contributed by atoms with Crippen LogP contribution in [0.5, 0.6) is 0 Å². The van der Waals surface area contributed by atoms with Crippen molar-refractivity contribution in [3.8, 4) is 0 Å². The van der Waals surface area contributed by atoms with Crippen molar-refractivity contribution in [2.45, 2.75) is 38.8 Å². The van der Waals surface area contributed by atoms with Crippen LogP contribution in [0.3, 0.4) is 0 Å². The molecule has 2 heterocycles. The maximum absolute atomic E-state index is 11.1. The first-order chi connectivity index (χ1) is 18.2. The van der Waals surface area contributed by atoms with E-state index in [-0.39, 0.29) is 0 Å². The zero-order valence-electron chi connectivity index (χ0n) is 22.6. The topological polar surface area (TPSA) is 188 Å². The number of nitrogens with two attached hydrogens (primary N) is 1. The first-order valence-corrected chi connectivity index (χ1v) is 12.5. The number of carbonyl (C=O) groups is 2. The van der Waals surface area contributed by atoms with Crippen molar-refractivity contribution < 1.29 is 19.8 Å². The summed E-state index contributed by atoms with van der Waals surface area (Å²) in [6.45, 7) is 6.10. The average molecular weight is 602 g/mol. The molecule has 0 saturated carbocycles. The summed E-state index contributed by atoms with van der Waals surface area (Å²) in [6, 6.07) is 11.4. The van der Waals surface area contributed by atoms with Crippen molar-refractivity contribution in [3.05, 3.63) is 53.5 Å². The molecule has 0 bridgehead atoms. The number of hydrogen-bond donors (Lipinski definition) is 6. The lowest BCUT2D eigenvalue weighted by Gasteiger charge is -2.22. The van der Waals surface area contributed by atoms with Gasteiger partial charge in [-0.3, -0.25) is 4.79 Å². The highest BCUT2D eigenvalue weighted by molar-refractivity contribution is 9.10. The molecule has 4 aromatic rings. The predicted molar refractivity (Wildman–Crippen MR) is 157 cm³/mol. The summed E-state index contributed by atoms with van der Waals surface area (Å²) in [7, 11) is 3.64. The standard InChI is InChI=1S/C13H16N4O2.C9H8BrN3.C4H9NO2/c1-13(2,12(18)19)17-8-4-5-9-10(6-8)15-7-16-11(9)14-3;1-11-9-7-3-2-6(10)4-8(7)12-5-13-9;1-4(2,5)3(6)7/h4-7,17H,1-3H3,(H,18,19)(H,14,15,16);2-5H,1H3,(H,11,12,13);5H2,1-2H3,(H,6,7). The molecule has 13 heteroatoms. The fourth-order valence-electron chi connectivity index (χ4n) is 2.98. The highest BCUT2D eigenvalue weighted by atomic mass is 79.9. The van der Waals surface area contributed by atoms with Gasteiger partial charge in [0, 0.05) is 35.0 Å². The lowest BCUT2D eigenvalue weighted by atomic mass is 10.1. The quantitative estimate of drug-likeness (QED) is 0.185. The van der Waals surface area contributed by atoms with Gasteiger partial charge >= 0.3 is 11.9 Å². The summed E-state index contributed by atoms with van der Waals surface area (Å²) in [5.74, 6) is -0.287. The third-order valence-corrected chi connectivity index (χ3v) is 5.74. The van der Waals surface area contributed by atoms with Gasteiger partial charge in [0.15, 0.2) is 0 Å². The third kappa shape index (κ3) is 8.72. The number of rotatable bonds is 6. The third-order valence-electron chi connectivity index (χ3n) is 5.25. The van der Waals surface area contributed by atoms with Crippen LogP contribution in [-0.2, 0) is 9.59 Å². The zero-order chi connectivity index (χ0) is 29.4. The smallest absolute Gasteiger partial charge is 0.328 e. The number of fused-ring (bicyclic) bond motifs is 2. The molecule has 12 nitrogen and oxygen atoms in total. The Bertz CT molecular complexity index is 1460. The van der Waals surface area contributed by atoms with E-state index in [0.29, 0.717) is 5.69 Å². The van der Waals surface area contributed by atoms with Crippen LogP contribution in [0.25, 0.3) is 21.8 Å². The van der Waals surface area contributed by atoms with Crippen LogP contribution in [0.2, 0.25) is 0 Å². The van der Waals surface area contributed by atoms with Crippen LogP contribution in [0, 0.1) is 0 Å². The van der Waals surface area contributed by atoms with Gasteiger partial charge in [-0.05, 0) is 64.1 Å². The summed E-state index contributed by atoms with van der Waals surface area (Å²) in [5.41, 5.74) is 5.36. The minimum Gasteiger partial charge on any atom is -0.480 e. The van der Waals surface area contributed by atoms with E-state index >= 15 is 0 Å². The molecular weight excluding hydrogens is 568 g/mol. The summed E-state index contributed by atoms with van der Waals surface area (Å²) >= 11 is 3.40. The zero-order valence-corrected chi connectivity index (χ0v) is 24.2. The Morgan fingerprint density at radius 3 is 1.69 bits per heavy atom. The van der Waals surface area contributed by atoms with Gasteiger partial charge in [-0.2, -0.15) is 0 Å². The van der Waals surface area contributed by atoms with E-state index in [4.69, 9.17) is 15.9 Å². The first kappa shape index (κ1) is 31.1. The molecule has 2 aromatic heterocycles. The van der Waals surface area contributed by atoms with Gasteiger partial charge in [-0.25, -0.2) is 24.7 Å². The highest BCUT2D eigenvalue weighted by Gasteiger charge is 2.26. The second kappa shape index (κ2) is 13.1. The largest absolute Gasteiger partial charge is 0.480 e. The molecule has 0 radical (unpaired) electrons. The number of halogens is 1. The molecule has 0 saturated heterocycles. The Balaban J connectivity index is 0.000000230. The fraction of sp³-hybridized carbons (Fsp3) is 0.308. The number of aromatic nitrogens is 4. The number of carboxylic acids is 2. The van der Waals surface area contributed by atoms with E-state index in [9.17, 15) is 9.59 Å². The van der Waals surface area contributed by atoms with Gasteiger partial charge < -0.3 is 31.9 Å². The van der Waals surface area contributed by atoms with Crippen molar-refractivity contribution >= 4 is 67.0 Å². The fourth-order valence-corrected chi connectivity index (χ4v) is 3.33. The molecule has 0 atom stereocenters. The molecule has 208 valence electrons. The second-order valence-electron chi connectivity index (χ2n) is 9.42. The van der Waals surface area contributed by atoms with E-state index < -0.39 is 23.0 Å². The Hall–Kier alpha value is -4.10. The number of anilines is 3. The summed E-state index contributed by atoms with van der Waals surface area (Å²) in [6.07, 6.45) is 3.03. The molecule has 0 aliphatic carbocycles. The van der Waals surface area contributed by atoms with Gasteiger partial charge in [0.2, 0.25) is 0 Å². The van der Waals surface area contributed by atoms with E-state index in [2.05, 4.69) is 51.8 Å². The van der Waals surface area contributed by atoms with Crippen LogP contribution in [0.15, 0.2) is 53.5 Å². The van der Waals surface area contributed by atoms with Crippen LogP contribution < -0.4 is 21.7 Å². The van der Waals surface area contributed by atoms with Crippen LogP contribution in [0.4, 0.5) is 17.3 Å². The molecule has 0 amide bonds. The Kier molecular flexibility index (Phi) is 10.5. The monoisotopic (exact) mass is 600 g/mol. The van der Waals surface area contributed by atoms with Gasteiger partial charge in [0.1, 0.15) is 35.4 Å². The first-order valence-electron chi connectivity index (χ1n) is 11.7. The van der Waals surface area contributed by atoms with E-state index in [0.717, 1.165) is 37.9 Å². The van der Waals surface area contributed by atoms with Gasteiger partial charge in [-0.1, -0.05) is 15.9 Å².